The van der Waals surface area contributed by atoms with Crippen LogP contribution in [0.25, 0.3) is 16.9 Å². The van der Waals surface area contributed by atoms with Crippen LogP contribution in [0, 0.1) is 18.3 Å². The summed E-state index contributed by atoms with van der Waals surface area (Å²) in [6, 6.07) is 11.3. The van der Waals surface area contributed by atoms with Gasteiger partial charge in [-0.15, -0.1) is 0 Å². The van der Waals surface area contributed by atoms with Gasteiger partial charge in [-0.05, 0) is 24.6 Å². The van der Waals surface area contributed by atoms with Crippen LogP contribution in [0.4, 0.5) is 5.95 Å². The Morgan fingerprint density at radius 2 is 2.05 bits per heavy atom. The number of rotatable bonds is 2. The molecule has 0 aliphatic carbocycles. The second kappa shape index (κ2) is 4.80. The van der Waals surface area contributed by atoms with Crippen molar-refractivity contribution in [2.24, 2.45) is 0 Å². The van der Waals surface area contributed by atoms with Crippen LogP contribution in [0.3, 0.4) is 0 Å². The van der Waals surface area contributed by atoms with Crippen molar-refractivity contribution in [3.05, 3.63) is 41.5 Å². The fourth-order valence-electron chi connectivity index (χ4n) is 2.29. The van der Waals surface area contributed by atoms with E-state index in [0.29, 0.717) is 28.3 Å². The molecule has 0 radical (unpaired) electrons. The maximum Gasteiger partial charge on any atom is 0.215 e. The molecule has 21 heavy (non-hydrogen) atoms. The summed E-state index contributed by atoms with van der Waals surface area (Å²) in [7, 11) is 1.55. The van der Waals surface area contributed by atoms with Crippen LogP contribution < -0.4 is 10.5 Å². The van der Waals surface area contributed by atoms with E-state index < -0.39 is 0 Å². The zero-order chi connectivity index (χ0) is 15.0. The average molecular weight is 279 g/mol. The number of hydrogen-bond donors (Lipinski definition) is 1. The first-order chi connectivity index (χ1) is 10.2. The maximum atomic E-state index is 9.39. The summed E-state index contributed by atoms with van der Waals surface area (Å²) >= 11 is 0. The Hall–Kier alpha value is -3.07. The Bertz CT molecular complexity index is 876. The molecule has 3 rings (SSSR count). The number of ether oxygens (including phenoxy) is 1. The number of imidazole rings is 1. The van der Waals surface area contributed by atoms with Gasteiger partial charge >= 0.3 is 0 Å². The molecule has 2 heterocycles. The monoisotopic (exact) mass is 279 g/mol. The lowest BCUT2D eigenvalue weighted by Gasteiger charge is -2.10. The highest BCUT2D eigenvalue weighted by Gasteiger charge is 2.16. The molecule has 0 unspecified atom stereocenters. The molecule has 0 saturated carbocycles. The number of aryl methyl sites for hydroxylation is 1. The summed E-state index contributed by atoms with van der Waals surface area (Å²) in [5.74, 6) is 0.752. The average Bonchev–Trinajstić information content (AvgIpc) is 2.81. The molecule has 0 saturated heterocycles. The predicted molar refractivity (Wildman–Crippen MR) is 79.3 cm³/mol. The summed E-state index contributed by atoms with van der Waals surface area (Å²) in [5, 5.41) is 9.39. The first-order valence-corrected chi connectivity index (χ1v) is 6.34. The summed E-state index contributed by atoms with van der Waals surface area (Å²) in [4.78, 5) is 8.67. The number of nitrogens with two attached hydrogens (primary N) is 1. The third kappa shape index (κ3) is 1.96. The third-order valence-electron chi connectivity index (χ3n) is 3.32. The quantitative estimate of drug-likeness (QED) is 0.776. The first kappa shape index (κ1) is 12.9. The highest BCUT2D eigenvalue weighted by atomic mass is 16.5. The highest BCUT2D eigenvalue weighted by Crippen LogP contribution is 2.26. The molecular weight excluding hydrogens is 266 g/mol. The molecule has 0 bridgehead atoms. The number of hydrogen-bond acceptors (Lipinski definition) is 5. The lowest BCUT2D eigenvalue weighted by Crippen LogP contribution is -2.04. The van der Waals surface area contributed by atoms with Crippen LogP contribution in [-0.2, 0) is 0 Å². The standard InChI is InChI=1S/C15H13N5O/c1-9-4-3-5-12(10(9)8-16)20-14-11(18-15(20)17)6-7-13(19-14)21-2/h3-7H,1-2H3,(H2,17,18). The van der Waals surface area contributed by atoms with Gasteiger partial charge in [0.15, 0.2) is 5.65 Å². The van der Waals surface area contributed by atoms with Crippen molar-refractivity contribution in [1.82, 2.24) is 14.5 Å². The van der Waals surface area contributed by atoms with Crippen LogP contribution in [-0.4, -0.2) is 21.6 Å². The molecule has 104 valence electrons. The minimum Gasteiger partial charge on any atom is -0.481 e. The number of nitrogens with zero attached hydrogens (tertiary/aromatic N) is 4. The number of anilines is 1. The number of fused-ring (bicyclic) bond motifs is 1. The molecule has 0 spiro atoms. The second-order valence-corrected chi connectivity index (χ2v) is 4.58. The second-order valence-electron chi connectivity index (χ2n) is 4.58. The molecule has 0 fully saturated rings. The molecule has 0 aliphatic heterocycles. The Morgan fingerprint density at radius 3 is 2.76 bits per heavy atom. The van der Waals surface area contributed by atoms with E-state index in [1.54, 1.807) is 23.8 Å². The van der Waals surface area contributed by atoms with Crippen LogP contribution in [0.1, 0.15) is 11.1 Å². The Labute approximate surface area is 121 Å². The maximum absolute atomic E-state index is 9.39. The minimum absolute atomic E-state index is 0.285. The van der Waals surface area contributed by atoms with Crippen molar-refractivity contribution in [3.8, 4) is 17.6 Å². The van der Waals surface area contributed by atoms with Crippen molar-refractivity contribution in [2.45, 2.75) is 6.92 Å². The van der Waals surface area contributed by atoms with Gasteiger partial charge in [0.2, 0.25) is 11.8 Å². The number of aromatic nitrogens is 3. The molecule has 1 aromatic carbocycles. The number of nitriles is 1. The molecule has 2 N–H and O–H groups in total. The van der Waals surface area contributed by atoms with Crippen molar-refractivity contribution < 1.29 is 4.74 Å². The van der Waals surface area contributed by atoms with E-state index in [4.69, 9.17) is 10.5 Å². The summed E-state index contributed by atoms with van der Waals surface area (Å²) in [6.07, 6.45) is 0. The van der Waals surface area contributed by atoms with Gasteiger partial charge in [-0.1, -0.05) is 12.1 Å². The van der Waals surface area contributed by atoms with Crippen molar-refractivity contribution >= 4 is 17.1 Å². The fraction of sp³-hybridized carbons (Fsp3) is 0.133. The van der Waals surface area contributed by atoms with E-state index >= 15 is 0 Å². The predicted octanol–water partition coefficient (Wildman–Crippen LogP) is 2.19. The van der Waals surface area contributed by atoms with E-state index in [-0.39, 0.29) is 5.95 Å². The molecular formula is C15H13N5O. The van der Waals surface area contributed by atoms with E-state index in [0.717, 1.165) is 5.56 Å². The van der Waals surface area contributed by atoms with Gasteiger partial charge in [0.25, 0.3) is 0 Å². The van der Waals surface area contributed by atoms with Crippen LogP contribution in [0.2, 0.25) is 0 Å². The number of benzene rings is 1. The summed E-state index contributed by atoms with van der Waals surface area (Å²) in [5.41, 5.74) is 9.32. The normalized spacial score (nSPS) is 10.5. The van der Waals surface area contributed by atoms with Crippen LogP contribution in [0.5, 0.6) is 5.88 Å². The minimum atomic E-state index is 0.285. The molecule has 6 heteroatoms. The molecule has 2 aromatic heterocycles. The smallest absolute Gasteiger partial charge is 0.215 e. The Morgan fingerprint density at radius 1 is 1.24 bits per heavy atom. The summed E-state index contributed by atoms with van der Waals surface area (Å²) in [6.45, 7) is 1.88. The zero-order valence-corrected chi connectivity index (χ0v) is 11.7. The summed E-state index contributed by atoms with van der Waals surface area (Å²) < 4.78 is 6.81. The number of methoxy groups -OCH3 is 1. The SMILES string of the molecule is COc1ccc2nc(N)n(-c3cccc(C)c3C#N)c2n1. The lowest BCUT2D eigenvalue weighted by molar-refractivity contribution is 0.399. The van der Waals surface area contributed by atoms with E-state index in [1.165, 1.54) is 0 Å². The van der Waals surface area contributed by atoms with Gasteiger partial charge in [0.05, 0.1) is 18.4 Å². The number of nitrogen functional groups attached to an aromatic ring is 1. The zero-order valence-electron chi connectivity index (χ0n) is 11.7. The molecule has 0 atom stereocenters. The highest BCUT2D eigenvalue weighted by molar-refractivity contribution is 5.78. The van der Waals surface area contributed by atoms with Crippen LogP contribution >= 0.6 is 0 Å². The molecule has 0 aliphatic rings. The van der Waals surface area contributed by atoms with Crippen LogP contribution in [0.15, 0.2) is 30.3 Å². The van der Waals surface area contributed by atoms with Gasteiger partial charge in [0, 0.05) is 6.07 Å². The van der Waals surface area contributed by atoms with E-state index in [1.807, 2.05) is 25.1 Å². The molecule has 6 nitrogen and oxygen atoms in total. The van der Waals surface area contributed by atoms with Gasteiger partial charge in [-0.25, -0.2) is 4.98 Å². The van der Waals surface area contributed by atoms with Gasteiger partial charge in [0.1, 0.15) is 11.6 Å². The van der Waals surface area contributed by atoms with Crippen molar-refractivity contribution in [3.63, 3.8) is 0 Å². The largest absolute Gasteiger partial charge is 0.481 e. The van der Waals surface area contributed by atoms with E-state index in [9.17, 15) is 5.26 Å². The Balaban J connectivity index is 2.38. The first-order valence-electron chi connectivity index (χ1n) is 6.34. The third-order valence-corrected chi connectivity index (χ3v) is 3.32. The number of pyridine rings is 1. The van der Waals surface area contributed by atoms with Crippen molar-refractivity contribution in [1.29, 1.82) is 5.26 Å². The molecule has 0 amide bonds. The van der Waals surface area contributed by atoms with Crippen molar-refractivity contribution in [2.75, 3.05) is 12.8 Å². The van der Waals surface area contributed by atoms with Gasteiger partial charge < -0.3 is 10.5 Å². The van der Waals surface area contributed by atoms with E-state index in [2.05, 4.69) is 16.0 Å². The van der Waals surface area contributed by atoms with Gasteiger partial charge in [-0.3, -0.25) is 4.57 Å². The fourth-order valence-corrected chi connectivity index (χ4v) is 2.29. The topological polar surface area (TPSA) is 89.8 Å². The Kier molecular flexibility index (Phi) is 2.95. The molecule has 3 aromatic rings. The lowest BCUT2D eigenvalue weighted by atomic mass is 10.1. The van der Waals surface area contributed by atoms with Gasteiger partial charge in [-0.2, -0.15) is 10.2 Å².